The van der Waals surface area contributed by atoms with Gasteiger partial charge in [0.25, 0.3) is 17.6 Å². The van der Waals surface area contributed by atoms with E-state index in [9.17, 15) is 84.9 Å². The first-order valence-corrected chi connectivity index (χ1v) is 18.5. The molecule has 0 spiro atoms. The predicted molar refractivity (Wildman–Crippen MR) is 173 cm³/mol. The largest absolute Gasteiger partial charge is 0.480 e. The number of Topliss-reactive ketones (excluding diaryl/α,β-unsaturated/α-hetero) is 1. The van der Waals surface area contributed by atoms with E-state index in [0.29, 0.717) is 14.1 Å². The molecule has 1 fully saturated rings. The highest BCUT2D eigenvalue weighted by molar-refractivity contribution is 7.93. The SMILES string of the molecule is CN(C(=O)O)C(=O)C(CS(=O)(=O)CC1(C(=O)O)OC(=O)C(=O)C1S(=O)(=O)CC(NC(=O)CCC(N)C(=O)O)C(=O)N(C)C(=O)O)NC(=O)CCC(N)C(=O)O. The first kappa shape index (κ1) is 47.2. The number of nitrogens with two attached hydrogens (primary N) is 2. The third-order valence-electron chi connectivity index (χ3n) is 7.61. The molecule has 308 valence electrons. The van der Waals surface area contributed by atoms with Crippen LogP contribution in [0.15, 0.2) is 0 Å². The quantitative estimate of drug-likeness (QED) is 0.0407. The number of carbonyl (C=O) groups excluding carboxylic acids is 6. The van der Waals surface area contributed by atoms with Gasteiger partial charge in [0.1, 0.15) is 29.9 Å². The molecule has 0 aromatic rings. The number of imide groups is 2. The summed E-state index contributed by atoms with van der Waals surface area (Å²) in [4.78, 5) is 133. The van der Waals surface area contributed by atoms with Crippen LogP contribution in [0.4, 0.5) is 9.59 Å². The van der Waals surface area contributed by atoms with Gasteiger partial charge < -0.3 is 52.4 Å². The summed E-state index contributed by atoms with van der Waals surface area (Å²) in [5.74, 6) is -22.2. The van der Waals surface area contributed by atoms with Crippen molar-refractivity contribution < 1.29 is 99.8 Å². The van der Waals surface area contributed by atoms with Gasteiger partial charge in [0.15, 0.2) is 24.9 Å². The fourth-order valence-electron chi connectivity index (χ4n) is 4.69. The smallest absolute Gasteiger partial charge is 0.413 e. The number of carbonyl (C=O) groups is 11. The maximum atomic E-state index is 13.7. The number of esters is 1. The van der Waals surface area contributed by atoms with Crippen LogP contribution in [0.3, 0.4) is 0 Å². The second-order valence-electron chi connectivity index (χ2n) is 11.8. The topological polar surface area (TPSA) is 449 Å². The number of amides is 6. The van der Waals surface area contributed by atoms with Gasteiger partial charge in [-0.25, -0.2) is 45.8 Å². The Kier molecular flexibility index (Phi) is 15.9. The Hall–Kier alpha value is -5.81. The lowest BCUT2D eigenvalue weighted by molar-refractivity contribution is -0.167. The minimum atomic E-state index is -5.77. The maximum Gasteiger partial charge on any atom is 0.413 e. The van der Waals surface area contributed by atoms with E-state index in [0.717, 1.165) is 0 Å². The van der Waals surface area contributed by atoms with Crippen LogP contribution in [0, 0.1) is 0 Å². The highest BCUT2D eigenvalue weighted by Crippen LogP contribution is 2.34. The molecule has 0 aliphatic carbocycles. The molecule has 0 aromatic heterocycles. The van der Waals surface area contributed by atoms with Gasteiger partial charge in [0.2, 0.25) is 17.4 Å². The molecule has 55 heavy (non-hydrogen) atoms. The van der Waals surface area contributed by atoms with Crippen molar-refractivity contribution in [2.45, 2.75) is 60.7 Å². The monoisotopic (exact) mass is 832 g/mol. The minimum Gasteiger partial charge on any atom is -0.480 e. The van der Waals surface area contributed by atoms with E-state index in [2.05, 4.69) is 4.74 Å². The zero-order chi connectivity index (χ0) is 43.0. The Morgan fingerprint density at radius 2 is 1.11 bits per heavy atom. The minimum absolute atomic E-state index is 0.127. The van der Waals surface area contributed by atoms with Gasteiger partial charge in [-0.2, -0.15) is 0 Å². The lowest BCUT2D eigenvalue weighted by Crippen LogP contribution is -2.61. The summed E-state index contributed by atoms with van der Waals surface area (Å²) in [6, 6.07) is -8.25. The molecule has 11 N–H and O–H groups in total. The number of nitrogens with zero attached hydrogens (tertiary/aromatic N) is 2. The molecule has 1 aliphatic rings. The van der Waals surface area contributed by atoms with Crippen LogP contribution < -0.4 is 22.1 Å². The lowest BCUT2D eigenvalue weighted by Gasteiger charge is -2.30. The number of cyclic esters (lactones) is 1. The van der Waals surface area contributed by atoms with E-state index >= 15 is 0 Å². The summed E-state index contributed by atoms with van der Waals surface area (Å²) in [5, 5.41) is 46.5. The number of ketones is 1. The third kappa shape index (κ3) is 12.4. The number of aliphatic carboxylic acids is 3. The zero-order valence-electron chi connectivity index (χ0n) is 28.5. The van der Waals surface area contributed by atoms with E-state index in [-0.39, 0.29) is 9.80 Å². The summed E-state index contributed by atoms with van der Waals surface area (Å²) in [7, 11) is -10.1. The average molecular weight is 833 g/mol. The molecule has 27 nitrogen and oxygen atoms in total. The fourth-order valence-corrected chi connectivity index (χ4v) is 8.77. The highest BCUT2D eigenvalue weighted by Gasteiger charge is 2.68. The van der Waals surface area contributed by atoms with Crippen molar-refractivity contribution >= 4 is 85.2 Å². The number of carboxylic acids is 3. The summed E-state index contributed by atoms with van der Waals surface area (Å²) >= 11 is 0. The molecular weight excluding hydrogens is 796 g/mol. The Morgan fingerprint density at radius 3 is 1.45 bits per heavy atom. The van der Waals surface area contributed by atoms with Crippen LogP contribution in [0.25, 0.3) is 0 Å². The van der Waals surface area contributed by atoms with Crippen molar-refractivity contribution in [1.29, 1.82) is 0 Å². The van der Waals surface area contributed by atoms with Gasteiger partial charge in [-0.05, 0) is 12.8 Å². The highest BCUT2D eigenvalue weighted by atomic mass is 32.2. The Morgan fingerprint density at radius 1 is 0.727 bits per heavy atom. The summed E-state index contributed by atoms with van der Waals surface area (Å²) in [5.41, 5.74) is 6.63. The molecule has 6 amide bonds. The van der Waals surface area contributed by atoms with Crippen molar-refractivity contribution in [3.8, 4) is 0 Å². The number of hydrogen-bond donors (Lipinski definition) is 9. The number of likely N-dealkylation sites (N-methyl/N-ethyl adjacent to an activating group) is 2. The van der Waals surface area contributed by atoms with E-state index in [4.69, 9.17) is 21.7 Å². The predicted octanol–water partition coefficient (Wildman–Crippen LogP) is -6.24. The van der Waals surface area contributed by atoms with Crippen LogP contribution in [0.2, 0.25) is 0 Å². The number of carboxylic acid groups (broad SMARTS) is 5. The van der Waals surface area contributed by atoms with Crippen molar-refractivity contribution in [2.75, 3.05) is 31.4 Å². The van der Waals surface area contributed by atoms with Crippen LogP contribution in [0.5, 0.6) is 0 Å². The number of hydrogen-bond acceptors (Lipinski definition) is 18. The van der Waals surface area contributed by atoms with Crippen molar-refractivity contribution in [3.05, 3.63) is 0 Å². The van der Waals surface area contributed by atoms with Crippen LogP contribution in [0.1, 0.15) is 25.7 Å². The zero-order valence-corrected chi connectivity index (χ0v) is 30.1. The molecular formula is C26H36N6O21S2. The molecule has 0 aromatic carbocycles. The normalized spacial score (nSPS) is 19.1. The number of nitrogens with one attached hydrogen (secondary N) is 2. The first-order chi connectivity index (χ1) is 25.0. The first-order valence-electron chi connectivity index (χ1n) is 15.0. The second kappa shape index (κ2) is 18.5. The third-order valence-corrected chi connectivity index (χ3v) is 11.4. The van der Waals surface area contributed by atoms with Crippen LogP contribution in [-0.4, -0.2) is 184 Å². The Balaban J connectivity index is 3.69. The van der Waals surface area contributed by atoms with Crippen molar-refractivity contribution in [2.24, 2.45) is 11.5 Å². The van der Waals surface area contributed by atoms with Crippen LogP contribution >= 0.6 is 0 Å². The Labute approximate surface area is 308 Å². The summed E-state index contributed by atoms with van der Waals surface area (Å²) in [6.07, 6.45) is -6.87. The molecule has 1 heterocycles. The van der Waals surface area contributed by atoms with E-state index in [1.165, 1.54) is 0 Å². The van der Waals surface area contributed by atoms with Gasteiger partial charge >= 0.3 is 36.1 Å². The summed E-state index contributed by atoms with van der Waals surface area (Å²) in [6.45, 7) is 0. The number of ether oxygens (including phenoxy) is 1. The van der Waals surface area contributed by atoms with E-state index in [1.54, 1.807) is 10.6 Å². The molecule has 0 radical (unpaired) electrons. The lowest BCUT2D eigenvalue weighted by atomic mass is 10.0. The summed E-state index contributed by atoms with van der Waals surface area (Å²) < 4.78 is 58.9. The molecule has 0 bridgehead atoms. The molecule has 0 saturated carbocycles. The van der Waals surface area contributed by atoms with Gasteiger partial charge in [0, 0.05) is 26.9 Å². The second-order valence-corrected chi connectivity index (χ2v) is 16.0. The van der Waals surface area contributed by atoms with Crippen molar-refractivity contribution in [1.82, 2.24) is 20.4 Å². The number of rotatable bonds is 20. The molecule has 1 rings (SSSR count). The standard InChI is InChI=1S/C26H36N6O21S2/c1-31(24(45)46)18(36)12(29-14(33)5-3-10(27)20(38)39)7-54(49,50)9-26(23(43)44)17(16(35)22(42)53-26)55(51,52)8-13(19(37)32(2)25(47)48)30-15(34)6-4-11(28)21(40)41/h10-13,17H,3-9,27-28H2,1-2H3,(H,29,33)(H,30,34)(H,38,39)(H,40,41)(H,43,44)(H,45,46)(H,47,48). The van der Waals surface area contributed by atoms with Gasteiger partial charge in [-0.1, -0.05) is 0 Å². The van der Waals surface area contributed by atoms with E-state index < -0.39 is 163 Å². The van der Waals surface area contributed by atoms with Gasteiger partial charge in [0.05, 0.1) is 11.5 Å². The average Bonchev–Trinajstić information content (AvgIpc) is 3.32. The molecule has 1 saturated heterocycles. The molecule has 29 heteroatoms. The van der Waals surface area contributed by atoms with Crippen molar-refractivity contribution in [3.63, 3.8) is 0 Å². The number of sulfone groups is 2. The van der Waals surface area contributed by atoms with Gasteiger partial charge in [-0.15, -0.1) is 0 Å². The van der Waals surface area contributed by atoms with Crippen LogP contribution in [-0.2, 0) is 67.6 Å². The van der Waals surface area contributed by atoms with E-state index in [1.807, 2.05) is 0 Å². The molecule has 1 aliphatic heterocycles. The molecule has 6 atom stereocenters. The molecule has 6 unspecified atom stereocenters. The fraction of sp³-hybridized carbons (Fsp3) is 0.577. The van der Waals surface area contributed by atoms with Gasteiger partial charge in [-0.3, -0.25) is 33.6 Å². The maximum absolute atomic E-state index is 13.7. The Bertz CT molecular complexity index is 1870.